The Morgan fingerprint density at radius 3 is 1.01 bits per heavy atom. The van der Waals surface area contributed by atoms with Gasteiger partial charge in [0.05, 0.1) is 22.1 Å². The average Bonchev–Trinajstić information content (AvgIpc) is 4.12. The van der Waals surface area contributed by atoms with E-state index >= 15 is 0 Å². The Kier molecular flexibility index (Phi) is 10.2. The minimum Gasteiger partial charge on any atom is -0.292 e. The van der Waals surface area contributed by atoms with E-state index in [1.165, 1.54) is 65.3 Å². The summed E-state index contributed by atoms with van der Waals surface area (Å²) in [6.45, 7) is 0. The fourth-order valence-electron chi connectivity index (χ4n) is 11.6. The minimum atomic E-state index is 0.925. The maximum absolute atomic E-state index is 5.12. The molecule has 4 nitrogen and oxygen atoms in total. The lowest BCUT2D eigenvalue weighted by Crippen LogP contribution is -1.97. The largest absolute Gasteiger partial charge is 0.292 e. The van der Waals surface area contributed by atoms with Gasteiger partial charge in [-0.05, 0) is 160 Å². The molecule has 13 aromatic carbocycles. The van der Waals surface area contributed by atoms with Crippen molar-refractivity contribution < 1.29 is 0 Å². The molecule has 0 atom stereocenters. The van der Waals surface area contributed by atoms with Crippen LogP contribution in [0.5, 0.6) is 0 Å². The zero-order valence-corrected chi connectivity index (χ0v) is 41.3. The van der Waals surface area contributed by atoms with Gasteiger partial charge in [-0.2, -0.15) is 0 Å². The predicted molar refractivity (Wildman–Crippen MR) is 318 cm³/mol. The van der Waals surface area contributed by atoms with Gasteiger partial charge in [-0.3, -0.25) is 9.13 Å². The second-order valence-corrected chi connectivity index (χ2v) is 19.7. The van der Waals surface area contributed by atoms with E-state index in [0.717, 1.165) is 78.5 Å². The summed E-state index contributed by atoms with van der Waals surface area (Å²) in [4.78, 5) is 10.2. The van der Waals surface area contributed by atoms with Crippen molar-refractivity contribution in [3.8, 4) is 78.7 Å². The van der Waals surface area contributed by atoms with E-state index in [-0.39, 0.29) is 0 Å². The average molecular weight is 967 g/mol. The molecule has 0 aliphatic rings. The molecule has 0 bridgehead atoms. The summed E-state index contributed by atoms with van der Waals surface area (Å²) >= 11 is 0. The topological polar surface area (TPSA) is 35.6 Å². The lowest BCUT2D eigenvalue weighted by molar-refractivity contribution is 1.10. The summed E-state index contributed by atoms with van der Waals surface area (Å²) in [5.41, 5.74) is 17.8. The number of nitrogens with zero attached hydrogens (tertiary/aromatic N) is 4. The monoisotopic (exact) mass is 966 g/mol. The third-order valence-electron chi connectivity index (χ3n) is 15.3. The molecule has 0 amide bonds. The van der Waals surface area contributed by atoms with Crippen LogP contribution in [-0.4, -0.2) is 19.1 Å². The predicted octanol–water partition coefficient (Wildman–Crippen LogP) is 19.0. The van der Waals surface area contributed by atoms with Gasteiger partial charge in [-0.15, -0.1) is 0 Å². The molecule has 0 saturated heterocycles. The molecule has 76 heavy (non-hydrogen) atoms. The molecule has 354 valence electrons. The summed E-state index contributed by atoms with van der Waals surface area (Å²) in [7, 11) is 0. The van der Waals surface area contributed by atoms with Crippen molar-refractivity contribution in [3.05, 3.63) is 279 Å². The Hall–Kier alpha value is -10.2. The van der Waals surface area contributed by atoms with Crippen LogP contribution in [0.15, 0.2) is 279 Å². The number of aromatic nitrogens is 4. The Balaban J connectivity index is 0.925. The van der Waals surface area contributed by atoms with Crippen LogP contribution >= 0.6 is 0 Å². The smallest absolute Gasteiger partial charge is 0.145 e. The van der Waals surface area contributed by atoms with Crippen molar-refractivity contribution in [3.63, 3.8) is 0 Å². The first-order valence-electron chi connectivity index (χ1n) is 26.0. The summed E-state index contributed by atoms with van der Waals surface area (Å²) in [5, 5.41) is 9.70. The highest BCUT2D eigenvalue weighted by atomic mass is 15.1. The second-order valence-electron chi connectivity index (χ2n) is 19.7. The number of para-hydroxylation sites is 4. The van der Waals surface area contributed by atoms with E-state index in [4.69, 9.17) is 9.97 Å². The van der Waals surface area contributed by atoms with Crippen molar-refractivity contribution in [1.29, 1.82) is 0 Å². The summed E-state index contributed by atoms with van der Waals surface area (Å²) in [5.74, 6) is 1.85. The van der Waals surface area contributed by atoms with Gasteiger partial charge < -0.3 is 0 Å². The summed E-state index contributed by atoms with van der Waals surface area (Å²) in [6.07, 6.45) is 0. The van der Waals surface area contributed by atoms with E-state index < -0.39 is 0 Å². The van der Waals surface area contributed by atoms with Gasteiger partial charge in [0.25, 0.3) is 0 Å². The van der Waals surface area contributed by atoms with Gasteiger partial charge in [-0.25, -0.2) is 9.97 Å². The molecule has 15 rings (SSSR count). The number of fused-ring (bicyclic) bond motifs is 6. The molecule has 2 heterocycles. The van der Waals surface area contributed by atoms with Crippen LogP contribution in [0.1, 0.15) is 0 Å². The minimum absolute atomic E-state index is 0.925. The van der Waals surface area contributed by atoms with E-state index in [9.17, 15) is 0 Å². The molecule has 0 aliphatic heterocycles. The summed E-state index contributed by atoms with van der Waals surface area (Å²) < 4.78 is 4.56. The molecule has 0 N–H and O–H groups in total. The van der Waals surface area contributed by atoms with Crippen LogP contribution in [0.2, 0.25) is 0 Å². The van der Waals surface area contributed by atoms with Gasteiger partial charge in [0.1, 0.15) is 11.6 Å². The van der Waals surface area contributed by atoms with Crippen LogP contribution in [-0.2, 0) is 0 Å². The first-order valence-corrected chi connectivity index (χ1v) is 26.0. The van der Waals surface area contributed by atoms with Gasteiger partial charge in [0.2, 0.25) is 0 Å². The third kappa shape index (κ3) is 7.30. The van der Waals surface area contributed by atoms with E-state index in [0.29, 0.717) is 0 Å². The van der Waals surface area contributed by atoms with Crippen LogP contribution in [0.25, 0.3) is 144 Å². The lowest BCUT2D eigenvalue weighted by Gasteiger charge is -2.20. The molecule has 0 spiro atoms. The number of imidazole rings is 2. The van der Waals surface area contributed by atoms with Crippen molar-refractivity contribution in [2.45, 2.75) is 0 Å². The first kappa shape index (κ1) is 43.4. The number of hydrogen-bond donors (Lipinski definition) is 0. The molecular weight excluding hydrogens is 921 g/mol. The van der Waals surface area contributed by atoms with Gasteiger partial charge in [0.15, 0.2) is 0 Å². The zero-order valence-electron chi connectivity index (χ0n) is 41.3. The van der Waals surface area contributed by atoms with Crippen LogP contribution in [0.4, 0.5) is 0 Å². The van der Waals surface area contributed by atoms with Crippen LogP contribution in [0.3, 0.4) is 0 Å². The Bertz CT molecular complexity index is 4420. The maximum Gasteiger partial charge on any atom is 0.145 e. The highest BCUT2D eigenvalue weighted by Crippen LogP contribution is 2.47. The van der Waals surface area contributed by atoms with Crippen molar-refractivity contribution in [1.82, 2.24) is 19.1 Å². The van der Waals surface area contributed by atoms with Gasteiger partial charge >= 0.3 is 0 Å². The first-order chi connectivity index (χ1) is 37.7. The molecule has 0 aliphatic carbocycles. The molecule has 0 radical (unpaired) electrons. The van der Waals surface area contributed by atoms with Gasteiger partial charge in [-0.1, -0.05) is 206 Å². The van der Waals surface area contributed by atoms with Crippen LogP contribution in [0, 0.1) is 0 Å². The van der Waals surface area contributed by atoms with E-state index in [1.54, 1.807) is 0 Å². The number of hydrogen-bond acceptors (Lipinski definition) is 2. The Morgan fingerprint density at radius 2 is 0.579 bits per heavy atom. The quantitative estimate of drug-likeness (QED) is 0.142. The Morgan fingerprint density at radius 1 is 0.224 bits per heavy atom. The summed E-state index contributed by atoms with van der Waals surface area (Å²) in [6, 6.07) is 101. The molecule has 0 saturated carbocycles. The van der Waals surface area contributed by atoms with Gasteiger partial charge in [0, 0.05) is 22.5 Å². The lowest BCUT2D eigenvalue weighted by atomic mass is 9.83. The van der Waals surface area contributed by atoms with Crippen molar-refractivity contribution in [2.75, 3.05) is 0 Å². The maximum atomic E-state index is 5.12. The standard InChI is InChI=1S/C72H46N4/c1-3-17-51(18-4-1)71-73-65-23-11-13-25-67(65)75(71)59-37-31-49(32-38-59)55-35-41-61-63(45-55)69(57-29-27-47-15-7-9-21-53(47)43-57)62-42-36-56(46-64(62)70(61)58-30-28-48-16-8-10-22-54(48)44-58)50-33-39-60(40-34-50)76-68-26-14-12-24-66(68)74-72(76)52-19-5-2-6-20-52/h1-46H. The molecule has 4 heteroatoms. The Labute approximate surface area is 439 Å². The van der Waals surface area contributed by atoms with E-state index in [2.05, 4.69) is 288 Å². The zero-order chi connectivity index (χ0) is 50.1. The van der Waals surface area contributed by atoms with Crippen LogP contribution < -0.4 is 0 Å². The second kappa shape index (κ2) is 17.8. The number of rotatable bonds is 8. The molecule has 2 aromatic heterocycles. The molecule has 0 fully saturated rings. The molecular formula is C72H46N4. The molecule has 15 aromatic rings. The SMILES string of the molecule is c1ccc(-c2nc3ccccc3n2-c2ccc(-c3ccc4c(-c5ccc6ccccc6c5)c5cc(-c6ccc(-n7c(-c8ccccc8)nc8ccccc87)cc6)ccc5c(-c5ccc6ccccc6c5)c4c3)cc2)cc1. The number of benzene rings is 13. The third-order valence-corrected chi connectivity index (χ3v) is 15.3. The van der Waals surface area contributed by atoms with Crippen molar-refractivity contribution in [2.24, 2.45) is 0 Å². The highest BCUT2D eigenvalue weighted by molar-refractivity contribution is 6.23. The fourth-order valence-corrected chi connectivity index (χ4v) is 11.6. The molecule has 0 unspecified atom stereocenters. The van der Waals surface area contributed by atoms with E-state index in [1.807, 2.05) is 0 Å². The fraction of sp³-hybridized carbons (Fsp3) is 0. The van der Waals surface area contributed by atoms with Crippen molar-refractivity contribution >= 4 is 65.2 Å². The highest BCUT2D eigenvalue weighted by Gasteiger charge is 2.21. The normalized spacial score (nSPS) is 11.7.